The van der Waals surface area contributed by atoms with Gasteiger partial charge < -0.3 is 24.1 Å². The molecule has 33 heavy (non-hydrogen) atoms. The number of ether oxygens (including phenoxy) is 4. The van der Waals surface area contributed by atoms with E-state index in [2.05, 4.69) is 15.9 Å². The van der Waals surface area contributed by atoms with Gasteiger partial charge in [0, 0.05) is 25.8 Å². The number of nitriles is 1. The van der Waals surface area contributed by atoms with Gasteiger partial charge in [-0.15, -0.1) is 0 Å². The van der Waals surface area contributed by atoms with Crippen LogP contribution in [0.15, 0.2) is 35.1 Å². The van der Waals surface area contributed by atoms with Crippen LogP contribution in [-0.2, 0) is 25.5 Å². The third kappa shape index (κ3) is 4.46. The van der Waals surface area contributed by atoms with Crippen molar-refractivity contribution in [2.45, 2.75) is 30.2 Å². The molecule has 2 aromatic rings. The maximum atomic E-state index is 12.3. The maximum absolute atomic E-state index is 12.3. The Morgan fingerprint density at radius 1 is 1.27 bits per heavy atom. The van der Waals surface area contributed by atoms with Crippen molar-refractivity contribution in [3.8, 4) is 11.8 Å². The van der Waals surface area contributed by atoms with Crippen molar-refractivity contribution in [2.75, 3.05) is 34.5 Å². The first-order chi connectivity index (χ1) is 15.7. The Morgan fingerprint density at radius 3 is 2.58 bits per heavy atom. The van der Waals surface area contributed by atoms with E-state index in [-0.39, 0.29) is 31.9 Å². The highest BCUT2D eigenvalue weighted by Crippen LogP contribution is 2.48. The predicted octanol–water partition coefficient (Wildman–Crippen LogP) is -0.119. The summed E-state index contributed by atoms with van der Waals surface area (Å²) in [6, 6.07) is 9.49. The molecular formula is C22H26N4O7. The summed E-state index contributed by atoms with van der Waals surface area (Å²) < 4.78 is 22.5. The zero-order chi connectivity index (χ0) is 24.2. The average Bonchev–Trinajstić information content (AvgIpc) is 2.79. The van der Waals surface area contributed by atoms with E-state index in [4.69, 9.17) is 19.9 Å². The fourth-order valence-electron chi connectivity index (χ4n) is 3.99. The van der Waals surface area contributed by atoms with Crippen molar-refractivity contribution >= 4 is 5.97 Å². The molecule has 176 valence electrons. The molecule has 0 saturated heterocycles. The zero-order valence-electron chi connectivity index (χ0n) is 18.6. The number of carbonyl (C=O) groups excluding carboxylic acids is 1. The van der Waals surface area contributed by atoms with Crippen molar-refractivity contribution in [1.29, 1.82) is 5.26 Å². The van der Waals surface area contributed by atoms with Crippen molar-refractivity contribution < 1.29 is 28.8 Å². The first-order valence-corrected chi connectivity index (χ1v) is 10.1. The number of fused-ring (bicyclic) bond motifs is 1. The second-order valence-corrected chi connectivity index (χ2v) is 7.73. The van der Waals surface area contributed by atoms with Crippen LogP contribution < -0.4 is 16.0 Å². The summed E-state index contributed by atoms with van der Waals surface area (Å²) in [5, 5.41) is 25.5. The number of nitrogens with two attached hydrogens (primary N) is 1. The first-order valence-electron chi connectivity index (χ1n) is 10.1. The van der Waals surface area contributed by atoms with Crippen LogP contribution in [0, 0.1) is 11.3 Å². The molecule has 11 heteroatoms. The van der Waals surface area contributed by atoms with Crippen LogP contribution in [0.4, 0.5) is 0 Å². The summed E-state index contributed by atoms with van der Waals surface area (Å²) in [7, 11) is 4.12. The van der Waals surface area contributed by atoms with E-state index in [0.717, 1.165) is 4.68 Å². The van der Waals surface area contributed by atoms with Crippen molar-refractivity contribution in [1.82, 2.24) is 9.78 Å². The van der Waals surface area contributed by atoms with Gasteiger partial charge >= 0.3 is 5.97 Å². The maximum Gasteiger partial charge on any atom is 0.307 e. The third-order valence-electron chi connectivity index (χ3n) is 5.62. The van der Waals surface area contributed by atoms with Gasteiger partial charge in [-0.2, -0.15) is 10.4 Å². The Balaban J connectivity index is 2.20. The molecule has 1 aromatic heterocycles. The SMILES string of the molecule is COCC1(COC)Oc2ccc(C#N)cc2[C@H](c2ccc(=O)n(CCC(=O)OC)n2)[C@]1(N)O. The van der Waals surface area contributed by atoms with Gasteiger partial charge in [0.25, 0.3) is 5.56 Å². The molecule has 3 rings (SSSR count). The van der Waals surface area contributed by atoms with Crippen molar-refractivity contribution in [3.05, 3.63) is 57.5 Å². The lowest BCUT2D eigenvalue weighted by atomic mass is 9.73. The second kappa shape index (κ2) is 9.68. The van der Waals surface area contributed by atoms with Crippen LogP contribution in [0.25, 0.3) is 0 Å². The second-order valence-electron chi connectivity index (χ2n) is 7.73. The number of hydrogen-bond acceptors (Lipinski definition) is 10. The van der Waals surface area contributed by atoms with E-state index in [1.54, 1.807) is 18.2 Å². The monoisotopic (exact) mass is 458 g/mol. The number of methoxy groups -OCH3 is 3. The van der Waals surface area contributed by atoms with E-state index >= 15 is 0 Å². The standard InChI is InChI=1S/C22H26N4O7/c1-30-12-21(13-31-2)22(24,29)20(15-10-14(11-23)4-6-17(15)33-21)16-5-7-18(27)26(25-16)9-8-19(28)32-3/h4-7,10,20,29H,8-9,12-13,24H2,1-3H3/t20-,22+/m1/s1. The van der Waals surface area contributed by atoms with Gasteiger partial charge in [0.2, 0.25) is 0 Å². The molecule has 0 bridgehead atoms. The van der Waals surface area contributed by atoms with Crippen molar-refractivity contribution in [3.63, 3.8) is 0 Å². The lowest BCUT2D eigenvalue weighted by Crippen LogP contribution is -2.72. The Kier molecular flexibility index (Phi) is 7.14. The fourth-order valence-corrected chi connectivity index (χ4v) is 3.99. The van der Waals surface area contributed by atoms with E-state index in [9.17, 15) is 20.0 Å². The molecule has 2 atom stereocenters. The fraction of sp³-hybridized carbons (Fsp3) is 0.455. The molecule has 3 N–H and O–H groups in total. The molecule has 0 fully saturated rings. The number of benzene rings is 1. The van der Waals surface area contributed by atoms with Gasteiger partial charge in [-0.1, -0.05) is 0 Å². The van der Waals surface area contributed by atoms with E-state index in [1.165, 1.54) is 33.5 Å². The summed E-state index contributed by atoms with van der Waals surface area (Å²) in [5.74, 6) is -1.17. The van der Waals surface area contributed by atoms with Gasteiger partial charge in [-0.05, 0) is 24.3 Å². The van der Waals surface area contributed by atoms with Gasteiger partial charge in [-0.25, -0.2) is 4.68 Å². The zero-order valence-corrected chi connectivity index (χ0v) is 18.6. The molecule has 1 aliphatic rings. The summed E-state index contributed by atoms with van der Waals surface area (Å²) >= 11 is 0. The average molecular weight is 458 g/mol. The number of aryl methyl sites for hydroxylation is 1. The number of aromatic nitrogens is 2. The molecule has 0 aliphatic carbocycles. The number of esters is 1. The number of nitrogens with zero attached hydrogens (tertiary/aromatic N) is 3. The van der Waals surface area contributed by atoms with Crippen LogP contribution in [-0.4, -0.2) is 66.7 Å². The number of aliphatic hydroxyl groups is 1. The molecule has 0 saturated carbocycles. The summed E-state index contributed by atoms with van der Waals surface area (Å²) in [5.41, 5.74) is 3.40. The van der Waals surface area contributed by atoms with Gasteiger partial charge in [-0.3, -0.25) is 15.3 Å². The smallest absolute Gasteiger partial charge is 0.307 e. The van der Waals surface area contributed by atoms with E-state index in [1.807, 2.05) is 0 Å². The van der Waals surface area contributed by atoms with Crippen LogP contribution >= 0.6 is 0 Å². The highest BCUT2D eigenvalue weighted by atomic mass is 16.6. The Bertz CT molecular complexity index is 1120. The summed E-state index contributed by atoms with van der Waals surface area (Å²) in [4.78, 5) is 23.9. The van der Waals surface area contributed by atoms with E-state index in [0.29, 0.717) is 16.9 Å². The lowest BCUT2D eigenvalue weighted by molar-refractivity contribution is -0.198. The molecule has 1 aromatic carbocycles. The minimum absolute atomic E-state index is 0.0298. The minimum atomic E-state index is -2.13. The third-order valence-corrected chi connectivity index (χ3v) is 5.62. The van der Waals surface area contributed by atoms with Crippen LogP contribution in [0.3, 0.4) is 0 Å². The van der Waals surface area contributed by atoms with Crippen molar-refractivity contribution in [2.24, 2.45) is 5.73 Å². The van der Waals surface area contributed by atoms with Crippen LogP contribution in [0.2, 0.25) is 0 Å². The molecule has 2 heterocycles. The largest absolute Gasteiger partial charge is 0.478 e. The van der Waals surface area contributed by atoms with Gasteiger partial charge in [0.15, 0.2) is 11.3 Å². The highest BCUT2D eigenvalue weighted by molar-refractivity contribution is 5.68. The lowest BCUT2D eigenvalue weighted by Gasteiger charge is -2.51. The van der Waals surface area contributed by atoms with Crippen LogP contribution in [0.1, 0.15) is 29.2 Å². The summed E-state index contributed by atoms with van der Waals surface area (Å²) in [6.45, 7) is -0.268. The highest BCUT2D eigenvalue weighted by Gasteiger charge is 2.60. The number of hydrogen-bond donors (Lipinski definition) is 2. The quantitative estimate of drug-likeness (QED) is 0.403. The first kappa shape index (κ1) is 24.3. The Hall–Kier alpha value is -3.30. The molecule has 1 aliphatic heterocycles. The Labute approximate surface area is 190 Å². The van der Waals surface area contributed by atoms with Gasteiger partial charge in [0.1, 0.15) is 5.75 Å². The summed E-state index contributed by atoms with van der Waals surface area (Å²) in [6.07, 6.45) is -0.0695. The van der Waals surface area contributed by atoms with Crippen LogP contribution in [0.5, 0.6) is 5.75 Å². The molecule has 0 amide bonds. The molecular weight excluding hydrogens is 432 g/mol. The number of rotatable bonds is 8. The van der Waals surface area contributed by atoms with Gasteiger partial charge in [0.05, 0.1) is 56.5 Å². The molecule has 11 nitrogen and oxygen atoms in total. The number of carbonyl (C=O) groups is 1. The normalized spacial score (nSPS) is 20.9. The molecule has 0 unspecified atom stereocenters. The molecule has 0 radical (unpaired) electrons. The minimum Gasteiger partial charge on any atom is -0.478 e. The van der Waals surface area contributed by atoms with E-state index < -0.39 is 28.8 Å². The molecule has 0 spiro atoms. The Morgan fingerprint density at radius 2 is 1.97 bits per heavy atom. The predicted molar refractivity (Wildman–Crippen MR) is 114 cm³/mol. The topological polar surface area (TPSA) is 159 Å².